The molecule has 0 radical (unpaired) electrons. The van der Waals surface area contributed by atoms with Crippen LogP contribution in [0.15, 0.2) is 36.4 Å². The van der Waals surface area contributed by atoms with Crippen molar-refractivity contribution in [1.29, 1.82) is 0 Å². The number of ether oxygens (including phenoxy) is 2. The van der Waals surface area contributed by atoms with E-state index in [0.717, 1.165) is 4.57 Å². The number of nitrogens with zero attached hydrogens (tertiary/aromatic N) is 2. The van der Waals surface area contributed by atoms with E-state index >= 15 is 0 Å². The van der Waals surface area contributed by atoms with Crippen LogP contribution >= 0.6 is 11.6 Å². The van der Waals surface area contributed by atoms with E-state index in [0.29, 0.717) is 34.0 Å². The average Bonchev–Trinajstić information content (AvgIpc) is 2.94. The van der Waals surface area contributed by atoms with E-state index in [1.807, 2.05) is 0 Å². The van der Waals surface area contributed by atoms with Gasteiger partial charge in [0.1, 0.15) is 5.75 Å². The Morgan fingerprint density at radius 3 is 2.80 bits per heavy atom. The van der Waals surface area contributed by atoms with Crippen LogP contribution in [0.3, 0.4) is 0 Å². The Bertz CT molecular complexity index is 953. The molecule has 0 fully saturated rings. The Morgan fingerprint density at radius 1 is 1.20 bits per heavy atom. The summed E-state index contributed by atoms with van der Waals surface area (Å²) in [5.41, 5.74) is 1.96. The van der Waals surface area contributed by atoms with E-state index in [1.54, 1.807) is 36.4 Å². The van der Waals surface area contributed by atoms with Gasteiger partial charge in [-0.05, 0) is 24.3 Å². The standard InChI is InChI=1S/C17H12ClF3N2O2/c18-12-5-10(15-11(6-12)8-24-9-25-15)7-23-14-4-2-1-3-13(14)22-16(23)17(19,20)21/h1-6H,7-9H2. The van der Waals surface area contributed by atoms with Gasteiger partial charge in [-0.1, -0.05) is 23.7 Å². The highest BCUT2D eigenvalue weighted by Crippen LogP contribution is 2.36. The Balaban J connectivity index is 1.88. The van der Waals surface area contributed by atoms with Crippen molar-refractivity contribution >= 4 is 22.6 Å². The van der Waals surface area contributed by atoms with Gasteiger partial charge >= 0.3 is 6.18 Å². The third-order valence-electron chi connectivity index (χ3n) is 3.99. The summed E-state index contributed by atoms with van der Waals surface area (Å²) in [5.74, 6) is -0.434. The highest BCUT2D eigenvalue weighted by molar-refractivity contribution is 6.30. The van der Waals surface area contributed by atoms with E-state index in [2.05, 4.69) is 4.98 Å². The number of fused-ring (bicyclic) bond motifs is 2. The van der Waals surface area contributed by atoms with Crippen molar-refractivity contribution in [2.24, 2.45) is 0 Å². The number of hydrogen-bond acceptors (Lipinski definition) is 3. The molecule has 0 saturated carbocycles. The molecular weight excluding hydrogens is 357 g/mol. The number of para-hydroxylation sites is 2. The fourth-order valence-corrected chi connectivity index (χ4v) is 3.26. The average molecular weight is 369 g/mol. The number of aromatic nitrogens is 2. The molecule has 0 amide bonds. The largest absolute Gasteiger partial charge is 0.467 e. The molecule has 2 heterocycles. The van der Waals surface area contributed by atoms with Gasteiger partial charge in [-0.15, -0.1) is 0 Å². The summed E-state index contributed by atoms with van der Waals surface area (Å²) in [6.45, 7) is 0.302. The summed E-state index contributed by atoms with van der Waals surface area (Å²) in [5, 5.41) is 0.417. The van der Waals surface area contributed by atoms with E-state index in [9.17, 15) is 13.2 Å². The molecule has 4 nitrogen and oxygen atoms in total. The van der Waals surface area contributed by atoms with Crippen molar-refractivity contribution in [3.8, 4) is 5.75 Å². The van der Waals surface area contributed by atoms with Crippen LogP contribution in [-0.4, -0.2) is 16.3 Å². The zero-order valence-corrected chi connectivity index (χ0v) is 13.6. The number of halogens is 4. The lowest BCUT2D eigenvalue weighted by molar-refractivity contribution is -0.146. The Hall–Kier alpha value is -2.25. The zero-order chi connectivity index (χ0) is 17.6. The normalized spacial score (nSPS) is 14.4. The molecule has 1 aliphatic heterocycles. The first-order chi connectivity index (χ1) is 11.9. The molecule has 130 valence electrons. The first-order valence-corrected chi connectivity index (χ1v) is 7.85. The lowest BCUT2D eigenvalue weighted by Crippen LogP contribution is -2.18. The third-order valence-corrected chi connectivity index (χ3v) is 4.21. The van der Waals surface area contributed by atoms with Gasteiger partial charge < -0.3 is 14.0 Å². The summed E-state index contributed by atoms with van der Waals surface area (Å²) in [7, 11) is 0. The first-order valence-electron chi connectivity index (χ1n) is 7.48. The molecule has 0 unspecified atom stereocenters. The molecule has 0 aliphatic carbocycles. The number of benzene rings is 2. The van der Waals surface area contributed by atoms with Crippen LogP contribution in [-0.2, 0) is 24.1 Å². The van der Waals surface area contributed by atoms with Gasteiger partial charge in [0.05, 0.1) is 24.2 Å². The predicted molar refractivity (Wildman–Crippen MR) is 85.6 cm³/mol. The van der Waals surface area contributed by atoms with E-state index < -0.39 is 12.0 Å². The van der Waals surface area contributed by atoms with E-state index in [-0.39, 0.29) is 18.9 Å². The number of alkyl halides is 3. The van der Waals surface area contributed by atoms with Crippen molar-refractivity contribution in [2.45, 2.75) is 19.3 Å². The molecule has 8 heteroatoms. The van der Waals surface area contributed by atoms with E-state index in [4.69, 9.17) is 21.1 Å². The number of rotatable bonds is 2. The van der Waals surface area contributed by atoms with Crippen molar-refractivity contribution in [2.75, 3.05) is 6.79 Å². The summed E-state index contributed by atoms with van der Waals surface area (Å²) >= 11 is 6.11. The lowest BCUT2D eigenvalue weighted by Gasteiger charge is -2.22. The van der Waals surface area contributed by atoms with Crippen LogP contribution in [0.4, 0.5) is 13.2 Å². The zero-order valence-electron chi connectivity index (χ0n) is 12.8. The van der Waals surface area contributed by atoms with Crippen molar-refractivity contribution in [1.82, 2.24) is 9.55 Å². The van der Waals surface area contributed by atoms with Gasteiger partial charge in [-0.2, -0.15) is 13.2 Å². The predicted octanol–water partition coefficient (Wildman–Crippen LogP) is 4.62. The topological polar surface area (TPSA) is 36.3 Å². The van der Waals surface area contributed by atoms with Crippen molar-refractivity contribution in [3.63, 3.8) is 0 Å². The monoisotopic (exact) mass is 368 g/mol. The molecule has 0 atom stereocenters. The van der Waals surface area contributed by atoms with Crippen LogP contribution in [0.2, 0.25) is 5.02 Å². The Morgan fingerprint density at radius 2 is 2.00 bits per heavy atom. The highest BCUT2D eigenvalue weighted by Gasteiger charge is 2.37. The molecule has 1 aliphatic rings. The number of imidazole rings is 1. The summed E-state index contributed by atoms with van der Waals surface area (Å²) in [6, 6.07) is 9.80. The van der Waals surface area contributed by atoms with Crippen molar-refractivity contribution < 1.29 is 22.6 Å². The van der Waals surface area contributed by atoms with Crippen LogP contribution in [0.25, 0.3) is 11.0 Å². The molecule has 0 bridgehead atoms. The minimum atomic E-state index is -4.57. The maximum atomic E-state index is 13.4. The molecule has 2 aromatic carbocycles. The van der Waals surface area contributed by atoms with Gasteiger partial charge in [-0.25, -0.2) is 4.98 Å². The van der Waals surface area contributed by atoms with Gasteiger partial charge in [0.15, 0.2) is 6.79 Å². The summed E-state index contributed by atoms with van der Waals surface area (Å²) in [4.78, 5) is 3.75. The second-order valence-electron chi connectivity index (χ2n) is 5.67. The molecule has 3 aromatic rings. The molecule has 25 heavy (non-hydrogen) atoms. The summed E-state index contributed by atoms with van der Waals surface area (Å²) in [6.07, 6.45) is -4.57. The highest BCUT2D eigenvalue weighted by atomic mass is 35.5. The third kappa shape index (κ3) is 2.94. The lowest BCUT2D eigenvalue weighted by atomic mass is 10.1. The minimum Gasteiger partial charge on any atom is -0.467 e. The molecular formula is C17H12ClF3N2O2. The SMILES string of the molecule is FC(F)(F)c1nc2ccccc2n1Cc1cc(Cl)cc2c1OCOC2. The van der Waals surface area contributed by atoms with Crippen LogP contribution in [0.1, 0.15) is 17.0 Å². The molecule has 0 spiro atoms. The molecule has 0 N–H and O–H groups in total. The molecule has 0 saturated heterocycles. The Kier molecular flexibility index (Phi) is 3.85. The van der Waals surface area contributed by atoms with Gasteiger partial charge in [-0.3, -0.25) is 0 Å². The maximum absolute atomic E-state index is 13.4. The number of hydrogen-bond donors (Lipinski definition) is 0. The van der Waals surface area contributed by atoms with Gasteiger partial charge in [0.2, 0.25) is 5.82 Å². The van der Waals surface area contributed by atoms with Crippen LogP contribution in [0, 0.1) is 0 Å². The second-order valence-corrected chi connectivity index (χ2v) is 6.11. The van der Waals surface area contributed by atoms with Crippen LogP contribution in [0.5, 0.6) is 5.75 Å². The molecule has 1 aromatic heterocycles. The quantitative estimate of drug-likeness (QED) is 0.662. The summed E-state index contributed by atoms with van der Waals surface area (Å²) < 4.78 is 52.2. The van der Waals surface area contributed by atoms with Gasteiger partial charge in [0.25, 0.3) is 0 Å². The van der Waals surface area contributed by atoms with Crippen LogP contribution < -0.4 is 4.74 Å². The first kappa shape index (κ1) is 16.2. The van der Waals surface area contributed by atoms with Crippen molar-refractivity contribution in [3.05, 3.63) is 58.4 Å². The second kappa shape index (κ2) is 5.93. The fraction of sp³-hybridized carbons (Fsp3) is 0.235. The minimum absolute atomic E-state index is 0.0540. The Labute approximate surface area is 145 Å². The van der Waals surface area contributed by atoms with E-state index in [1.165, 1.54) is 0 Å². The molecule has 4 rings (SSSR count). The maximum Gasteiger partial charge on any atom is 0.449 e. The van der Waals surface area contributed by atoms with Gasteiger partial charge in [0, 0.05) is 16.1 Å². The fourth-order valence-electron chi connectivity index (χ4n) is 3.00. The smallest absolute Gasteiger partial charge is 0.449 e.